The summed E-state index contributed by atoms with van der Waals surface area (Å²) in [5, 5.41) is 8.67. The second-order valence-electron chi connectivity index (χ2n) is 5.27. The highest BCUT2D eigenvalue weighted by Gasteiger charge is 2.05. The van der Waals surface area contributed by atoms with Gasteiger partial charge in [-0.25, -0.2) is 4.98 Å². The third kappa shape index (κ3) is 4.89. The van der Waals surface area contributed by atoms with Gasteiger partial charge in [0.15, 0.2) is 0 Å². The number of rotatable bonds is 8. The van der Waals surface area contributed by atoms with Gasteiger partial charge in [0.1, 0.15) is 18.2 Å². The Labute approximate surface area is 130 Å². The van der Waals surface area contributed by atoms with Gasteiger partial charge in [-0.05, 0) is 24.7 Å². The number of hydrogen-bond donors (Lipinski definition) is 1. The van der Waals surface area contributed by atoms with Crippen LogP contribution < -0.4 is 4.74 Å². The molecule has 0 fully saturated rings. The second kappa shape index (κ2) is 7.61. The zero-order chi connectivity index (χ0) is 15.9. The van der Waals surface area contributed by atoms with E-state index in [1.165, 1.54) is 0 Å². The number of carboxylic acid groups (broad SMARTS) is 1. The SMILES string of the molecule is CN(CCC(=O)O)Cc1ccc(OCc2nccn2C)cc1. The van der Waals surface area contributed by atoms with Crippen LogP contribution in [-0.4, -0.2) is 39.1 Å². The lowest BCUT2D eigenvalue weighted by atomic mass is 10.2. The number of carboxylic acids is 1. The van der Waals surface area contributed by atoms with Gasteiger partial charge in [0.05, 0.1) is 6.42 Å². The van der Waals surface area contributed by atoms with Crippen LogP contribution in [0.2, 0.25) is 0 Å². The van der Waals surface area contributed by atoms with Crippen molar-refractivity contribution in [2.24, 2.45) is 7.05 Å². The van der Waals surface area contributed by atoms with Gasteiger partial charge >= 0.3 is 5.97 Å². The second-order valence-corrected chi connectivity index (χ2v) is 5.27. The van der Waals surface area contributed by atoms with Gasteiger partial charge < -0.3 is 19.3 Å². The number of aryl methyl sites for hydroxylation is 1. The van der Waals surface area contributed by atoms with E-state index in [4.69, 9.17) is 9.84 Å². The quantitative estimate of drug-likeness (QED) is 0.807. The van der Waals surface area contributed by atoms with Gasteiger partial charge in [-0.3, -0.25) is 4.79 Å². The molecule has 0 saturated carbocycles. The fourth-order valence-corrected chi connectivity index (χ4v) is 2.05. The van der Waals surface area contributed by atoms with Crippen molar-refractivity contribution in [1.82, 2.24) is 14.5 Å². The van der Waals surface area contributed by atoms with Gasteiger partial charge in [-0.2, -0.15) is 0 Å². The Morgan fingerprint density at radius 3 is 2.68 bits per heavy atom. The molecule has 0 saturated heterocycles. The lowest BCUT2D eigenvalue weighted by Crippen LogP contribution is -2.21. The van der Waals surface area contributed by atoms with E-state index in [0.717, 1.165) is 17.1 Å². The third-order valence-electron chi connectivity index (χ3n) is 3.37. The fourth-order valence-electron chi connectivity index (χ4n) is 2.05. The highest BCUT2D eigenvalue weighted by atomic mass is 16.5. The molecule has 1 heterocycles. The molecule has 2 aromatic rings. The van der Waals surface area contributed by atoms with Crippen LogP contribution in [0, 0.1) is 0 Å². The maximum absolute atomic E-state index is 10.5. The highest BCUT2D eigenvalue weighted by Crippen LogP contribution is 2.14. The van der Waals surface area contributed by atoms with E-state index < -0.39 is 5.97 Å². The lowest BCUT2D eigenvalue weighted by Gasteiger charge is -2.15. The minimum absolute atomic E-state index is 0.154. The Hall–Kier alpha value is -2.34. The molecule has 6 nitrogen and oxygen atoms in total. The van der Waals surface area contributed by atoms with E-state index >= 15 is 0 Å². The van der Waals surface area contributed by atoms with E-state index in [2.05, 4.69) is 4.98 Å². The summed E-state index contributed by atoms with van der Waals surface area (Å²) in [5.74, 6) is 0.891. The van der Waals surface area contributed by atoms with Crippen molar-refractivity contribution in [1.29, 1.82) is 0 Å². The van der Waals surface area contributed by atoms with Crippen LogP contribution in [0.3, 0.4) is 0 Å². The number of imidazole rings is 1. The molecule has 0 aliphatic heterocycles. The molecule has 0 amide bonds. The minimum atomic E-state index is -0.773. The molecule has 1 aromatic heterocycles. The Bertz CT molecular complexity index is 607. The molecule has 0 spiro atoms. The predicted molar refractivity (Wildman–Crippen MR) is 82.6 cm³/mol. The molecule has 118 valence electrons. The number of carbonyl (C=O) groups is 1. The Morgan fingerprint density at radius 2 is 2.09 bits per heavy atom. The molecule has 0 atom stereocenters. The van der Waals surface area contributed by atoms with Gasteiger partial charge in [-0.15, -0.1) is 0 Å². The van der Waals surface area contributed by atoms with Crippen LogP contribution in [0.25, 0.3) is 0 Å². The maximum Gasteiger partial charge on any atom is 0.304 e. The van der Waals surface area contributed by atoms with E-state index in [0.29, 0.717) is 19.7 Å². The monoisotopic (exact) mass is 303 g/mol. The van der Waals surface area contributed by atoms with E-state index in [1.54, 1.807) is 6.20 Å². The van der Waals surface area contributed by atoms with Crippen molar-refractivity contribution >= 4 is 5.97 Å². The molecule has 1 N–H and O–H groups in total. The minimum Gasteiger partial charge on any atom is -0.486 e. The first-order chi connectivity index (χ1) is 10.5. The van der Waals surface area contributed by atoms with Crippen LogP contribution in [0.5, 0.6) is 5.75 Å². The normalized spacial score (nSPS) is 10.9. The van der Waals surface area contributed by atoms with E-state index in [-0.39, 0.29) is 6.42 Å². The zero-order valence-electron chi connectivity index (χ0n) is 12.9. The van der Waals surface area contributed by atoms with Gasteiger partial charge in [-0.1, -0.05) is 12.1 Å². The van der Waals surface area contributed by atoms with Crippen LogP contribution >= 0.6 is 0 Å². The van der Waals surface area contributed by atoms with Crippen LogP contribution in [0.1, 0.15) is 17.8 Å². The van der Waals surface area contributed by atoms with Crippen molar-refractivity contribution in [3.05, 3.63) is 48.0 Å². The molecule has 0 aliphatic rings. The Morgan fingerprint density at radius 1 is 1.36 bits per heavy atom. The van der Waals surface area contributed by atoms with Crippen molar-refractivity contribution in [3.63, 3.8) is 0 Å². The van der Waals surface area contributed by atoms with E-state index in [1.807, 2.05) is 54.0 Å². The van der Waals surface area contributed by atoms with E-state index in [9.17, 15) is 4.79 Å². The average Bonchev–Trinajstić information content (AvgIpc) is 2.90. The molecule has 22 heavy (non-hydrogen) atoms. The van der Waals surface area contributed by atoms with Crippen molar-refractivity contribution < 1.29 is 14.6 Å². The fraction of sp³-hybridized carbons (Fsp3) is 0.375. The highest BCUT2D eigenvalue weighted by molar-refractivity contribution is 5.66. The molecular formula is C16H21N3O3. The summed E-state index contributed by atoms with van der Waals surface area (Å²) in [5.41, 5.74) is 1.12. The maximum atomic E-state index is 10.5. The third-order valence-corrected chi connectivity index (χ3v) is 3.37. The molecular weight excluding hydrogens is 282 g/mol. The summed E-state index contributed by atoms with van der Waals surface area (Å²) in [6.45, 7) is 1.68. The first-order valence-corrected chi connectivity index (χ1v) is 7.13. The van der Waals surface area contributed by atoms with Gasteiger partial charge in [0, 0.05) is 32.5 Å². The molecule has 0 radical (unpaired) electrons. The first-order valence-electron chi connectivity index (χ1n) is 7.13. The molecule has 0 bridgehead atoms. The molecule has 1 aromatic carbocycles. The Kier molecular flexibility index (Phi) is 5.55. The smallest absolute Gasteiger partial charge is 0.304 e. The number of hydrogen-bond acceptors (Lipinski definition) is 4. The summed E-state index contributed by atoms with van der Waals surface area (Å²) in [6, 6.07) is 7.82. The molecule has 0 unspecified atom stereocenters. The number of nitrogens with zero attached hydrogens (tertiary/aromatic N) is 3. The van der Waals surface area contributed by atoms with Crippen molar-refractivity contribution in [2.45, 2.75) is 19.6 Å². The number of ether oxygens (including phenoxy) is 1. The van der Waals surface area contributed by atoms with Gasteiger partial charge in [0.2, 0.25) is 0 Å². The summed E-state index contributed by atoms with van der Waals surface area (Å²) >= 11 is 0. The summed E-state index contributed by atoms with van der Waals surface area (Å²) in [6.07, 6.45) is 3.78. The first kappa shape index (κ1) is 16.0. The van der Waals surface area contributed by atoms with Crippen LogP contribution in [-0.2, 0) is 25.0 Å². The molecule has 6 heteroatoms. The standard InChI is InChI=1S/C16H21N3O3/c1-18(9-7-16(20)21)11-13-3-5-14(6-4-13)22-12-15-17-8-10-19(15)2/h3-6,8,10H,7,9,11-12H2,1-2H3,(H,20,21). The van der Waals surface area contributed by atoms with Crippen molar-refractivity contribution in [2.75, 3.05) is 13.6 Å². The topological polar surface area (TPSA) is 67.6 Å². The number of benzene rings is 1. The molecule has 0 aliphatic carbocycles. The van der Waals surface area contributed by atoms with Gasteiger partial charge in [0.25, 0.3) is 0 Å². The zero-order valence-corrected chi connectivity index (χ0v) is 12.9. The largest absolute Gasteiger partial charge is 0.486 e. The summed E-state index contributed by atoms with van der Waals surface area (Å²) in [7, 11) is 3.84. The Balaban J connectivity index is 1.82. The average molecular weight is 303 g/mol. The van der Waals surface area contributed by atoms with Crippen LogP contribution in [0.4, 0.5) is 0 Å². The van der Waals surface area contributed by atoms with Crippen LogP contribution in [0.15, 0.2) is 36.7 Å². The predicted octanol–water partition coefficient (Wildman–Crippen LogP) is 1.91. The summed E-state index contributed by atoms with van der Waals surface area (Å²) < 4.78 is 7.62. The number of aliphatic carboxylic acids is 1. The van der Waals surface area contributed by atoms with Crippen molar-refractivity contribution in [3.8, 4) is 5.75 Å². The molecule has 2 rings (SSSR count). The summed E-state index contributed by atoms with van der Waals surface area (Å²) in [4.78, 5) is 16.7. The lowest BCUT2D eigenvalue weighted by molar-refractivity contribution is -0.137. The number of aromatic nitrogens is 2.